The predicted molar refractivity (Wildman–Crippen MR) is 111 cm³/mol. The predicted octanol–water partition coefficient (Wildman–Crippen LogP) is 4.23. The first-order valence-electron chi connectivity index (χ1n) is 9.39. The summed E-state index contributed by atoms with van der Waals surface area (Å²) < 4.78 is 19.1. The average molecular weight is 381 g/mol. The second kappa shape index (κ2) is 7.36. The molecule has 1 atom stereocenters. The van der Waals surface area contributed by atoms with Gasteiger partial charge in [-0.25, -0.2) is 4.98 Å². The third-order valence-corrected chi connectivity index (χ3v) is 5.55. The van der Waals surface area contributed by atoms with Gasteiger partial charge in [0.05, 0.1) is 6.10 Å². The zero-order chi connectivity index (χ0) is 18.4. The van der Waals surface area contributed by atoms with E-state index in [1.165, 1.54) is 16.6 Å². The van der Waals surface area contributed by atoms with E-state index in [1.807, 2.05) is 24.3 Å². The lowest BCUT2D eigenvalue weighted by atomic mass is 9.93. The van der Waals surface area contributed by atoms with Crippen LogP contribution in [0.3, 0.4) is 0 Å². The second-order valence-electron chi connectivity index (χ2n) is 7.14. The van der Waals surface area contributed by atoms with E-state index in [0.717, 1.165) is 47.9 Å². The summed E-state index contributed by atoms with van der Waals surface area (Å²) in [4.78, 5) is 4.88. The molecule has 3 aromatic rings. The fourth-order valence-corrected chi connectivity index (χ4v) is 4.14. The Morgan fingerprint density at radius 3 is 2.79 bits per heavy atom. The number of nitrogens with zero attached hydrogens (tertiary/aromatic N) is 2. The van der Waals surface area contributed by atoms with Crippen LogP contribution in [0.1, 0.15) is 25.1 Å². The molecule has 0 saturated carbocycles. The molecule has 1 N–H and O–H groups in total. The van der Waals surface area contributed by atoms with Crippen LogP contribution in [0, 0.1) is 0 Å². The van der Waals surface area contributed by atoms with Crippen molar-refractivity contribution >= 4 is 22.5 Å². The Morgan fingerprint density at radius 1 is 1.14 bits per heavy atom. The Bertz CT molecular complexity index is 1010. The molecule has 0 spiro atoms. The molecule has 6 nitrogen and oxygen atoms in total. The number of fused-ring (bicyclic) bond motifs is 4. The maximum atomic E-state index is 5.67. The molecule has 2 aliphatic rings. The van der Waals surface area contributed by atoms with Crippen molar-refractivity contribution in [3.63, 3.8) is 0 Å². The number of aromatic nitrogens is 2. The van der Waals surface area contributed by atoms with Crippen LogP contribution in [0.15, 0.2) is 30.3 Å². The summed E-state index contributed by atoms with van der Waals surface area (Å²) in [6.45, 7) is 1.18. The molecule has 3 heterocycles. The average Bonchev–Trinajstić information content (AvgIpc) is 2.99. The van der Waals surface area contributed by atoms with E-state index >= 15 is 0 Å². The smallest absolute Gasteiger partial charge is 0.163 e. The molecular weight excluding hydrogens is 354 g/mol. The first-order valence-corrected chi connectivity index (χ1v) is 9.39. The number of hydrogen-bond donors (Lipinski definition) is 1. The number of pyridine rings is 1. The van der Waals surface area contributed by atoms with Gasteiger partial charge in [-0.3, -0.25) is 0 Å². The Hall–Kier alpha value is -2.73. The van der Waals surface area contributed by atoms with E-state index in [9.17, 15) is 0 Å². The van der Waals surface area contributed by atoms with Crippen LogP contribution < -0.4 is 14.8 Å². The summed E-state index contributed by atoms with van der Waals surface area (Å²) in [5.74, 6) is 2.38. The summed E-state index contributed by atoms with van der Waals surface area (Å²) in [7, 11) is 3.91. The van der Waals surface area contributed by atoms with Crippen molar-refractivity contribution in [3.05, 3.63) is 41.6 Å². The van der Waals surface area contributed by atoms with Crippen molar-refractivity contribution < 1.29 is 14.2 Å². The van der Waals surface area contributed by atoms with E-state index in [-0.39, 0.29) is 7.43 Å². The normalized spacial score (nSPS) is 17.7. The quantitative estimate of drug-likeness (QED) is 0.736. The fourth-order valence-electron chi connectivity index (χ4n) is 4.14. The molecule has 1 aliphatic carbocycles. The summed E-state index contributed by atoms with van der Waals surface area (Å²) in [5.41, 5.74) is 4.70. The summed E-state index contributed by atoms with van der Waals surface area (Å²) in [6, 6.07) is 10.1. The molecule has 0 radical (unpaired) electrons. The number of nitrogens with one attached hydrogen (secondary N) is 1. The summed E-state index contributed by atoms with van der Waals surface area (Å²) >= 11 is 0. The Labute approximate surface area is 165 Å². The number of rotatable bonds is 3. The molecule has 0 bridgehead atoms. The minimum Gasteiger partial charge on any atom is -0.486 e. The number of ether oxygens (including phenoxy) is 3. The maximum absolute atomic E-state index is 5.67. The Morgan fingerprint density at radius 2 is 1.96 bits per heavy atom. The van der Waals surface area contributed by atoms with Crippen LogP contribution in [0.25, 0.3) is 11.0 Å². The molecule has 0 saturated heterocycles. The standard InChI is InChI=1S/C21H23N3O3.CH4/c1-24-17-6-4-14(25-2)12-16(17)15-5-8-20(23-21(15)24)22-13-3-7-18-19(11-13)27-10-9-26-18;/h3,5,7-8,11,14H,4,6,9-10,12H2,1-2H3,(H,22,23);1H4. The maximum Gasteiger partial charge on any atom is 0.163 e. The van der Waals surface area contributed by atoms with Gasteiger partial charge in [-0.1, -0.05) is 7.43 Å². The van der Waals surface area contributed by atoms with E-state index < -0.39 is 0 Å². The number of methoxy groups -OCH3 is 1. The van der Waals surface area contributed by atoms with Gasteiger partial charge in [-0.2, -0.15) is 0 Å². The van der Waals surface area contributed by atoms with Gasteiger partial charge >= 0.3 is 0 Å². The van der Waals surface area contributed by atoms with Gasteiger partial charge in [0.1, 0.15) is 24.7 Å². The molecule has 6 heteroatoms. The van der Waals surface area contributed by atoms with E-state index in [4.69, 9.17) is 19.2 Å². The highest BCUT2D eigenvalue weighted by Crippen LogP contribution is 2.35. The summed E-state index contributed by atoms with van der Waals surface area (Å²) in [5, 5.41) is 4.61. The number of hydrogen-bond acceptors (Lipinski definition) is 5. The SMILES string of the molecule is C.COC1CCc2c(c3ccc(Nc4ccc5c(c4)OCCO5)nc3n2C)C1. The largest absolute Gasteiger partial charge is 0.486 e. The Kier molecular flexibility index (Phi) is 4.89. The molecule has 0 amide bonds. The third-order valence-electron chi connectivity index (χ3n) is 5.55. The van der Waals surface area contributed by atoms with Gasteiger partial charge in [0.15, 0.2) is 11.5 Å². The Balaban J connectivity index is 0.00000192. The molecule has 1 aromatic carbocycles. The second-order valence-corrected chi connectivity index (χ2v) is 7.14. The molecule has 28 heavy (non-hydrogen) atoms. The van der Waals surface area contributed by atoms with Crippen LogP contribution in [-0.2, 0) is 24.6 Å². The van der Waals surface area contributed by atoms with Crippen molar-refractivity contribution in [1.29, 1.82) is 0 Å². The number of anilines is 2. The van der Waals surface area contributed by atoms with Crippen LogP contribution >= 0.6 is 0 Å². The monoisotopic (exact) mass is 381 g/mol. The highest BCUT2D eigenvalue weighted by molar-refractivity contribution is 5.84. The molecule has 1 aliphatic heterocycles. The molecule has 148 valence electrons. The molecule has 1 unspecified atom stereocenters. The van der Waals surface area contributed by atoms with E-state index in [1.54, 1.807) is 7.11 Å². The van der Waals surface area contributed by atoms with Crippen molar-refractivity contribution in [1.82, 2.24) is 9.55 Å². The minimum absolute atomic E-state index is 0. The van der Waals surface area contributed by atoms with Gasteiger partial charge in [0, 0.05) is 43.4 Å². The van der Waals surface area contributed by atoms with Gasteiger partial charge < -0.3 is 24.1 Å². The first kappa shape index (κ1) is 18.6. The lowest BCUT2D eigenvalue weighted by Crippen LogP contribution is -2.21. The van der Waals surface area contributed by atoms with Crippen LogP contribution in [0.2, 0.25) is 0 Å². The lowest BCUT2D eigenvalue weighted by molar-refractivity contribution is 0.0908. The third kappa shape index (κ3) is 3.07. The van der Waals surface area contributed by atoms with Gasteiger partial charge in [-0.05, 0) is 42.7 Å². The first-order chi connectivity index (χ1) is 13.2. The lowest BCUT2D eigenvalue weighted by Gasteiger charge is -2.21. The van der Waals surface area contributed by atoms with Crippen LogP contribution in [-0.4, -0.2) is 36.0 Å². The molecule has 2 aromatic heterocycles. The topological polar surface area (TPSA) is 57.5 Å². The zero-order valence-corrected chi connectivity index (χ0v) is 15.6. The minimum atomic E-state index is 0. The van der Waals surface area contributed by atoms with Crippen molar-refractivity contribution in [2.24, 2.45) is 7.05 Å². The van der Waals surface area contributed by atoms with E-state index in [0.29, 0.717) is 19.3 Å². The van der Waals surface area contributed by atoms with Gasteiger partial charge in [0.2, 0.25) is 0 Å². The molecule has 5 rings (SSSR count). The number of benzene rings is 1. The van der Waals surface area contributed by atoms with Gasteiger partial charge in [-0.15, -0.1) is 0 Å². The van der Waals surface area contributed by atoms with Crippen molar-refractivity contribution in [3.8, 4) is 11.5 Å². The van der Waals surface area contributed by atoms with Crippen molar-refractivity contribution in [2.75, 3.05) is 25.6 Å². The highest BCUT2D eigenvalue weighted by Gasteiger charge is 2.25. The van der Waals surface area contributed by atoms with Crippen molar-refractivity contribution in [2.45, 2.75) is 32.8 Å². The molecule has 0 fully saturated rings. The fraction of sp³-hybridized carbons (Fsp3) is 0.409. The molecular formula is C22H27N3O3. The van der Waals surface area contributed by atoms with Gasteiger partial charge in [0.25, 0.3) is 0 Å². The van der Waals surface area contributed by atoms with E-state index in [2.05, 4.69) is 23.0 Å². The zero-order valence-electron chi connectivity index (χ0n) is 15.6. The summed E-state index contributed by atoms with van der Waals surface area (Å²) in [6.07, 6.45) is 3.36. The van der Waals surface area contributed by atoms with Crippen LogP contribution in [0.5, 0.6) is 11.5 Å². The van der Waals surface area contributed by atoms with Crippen LogP contribution in [0.4, 0.5) is 11.5 Å². The highest BCUT2D eigenvalue weighted by atomic mass is 16.6. The number of aryl methyl sites for hydroxylation is 1.